The van der Waals surface area contributed by atoms with Gasteiger partial charge in [-0.05, 0) is 33.4 Å². The van der Waals surface area contributed by atoms with E-state index in [0.717, 1.165) is 33.4 Å². The molecule has 1 unspecified atom stereocenters. The van der Waals surface area contributed by atoms with Crippen LogP contribution in [-0.2, 0) is 77.1 Å². The van der Waals surface area contributed by atoms with E-state index in [1.54, 1.807) is 0 Å². The van der Waals surface area contributed by atoms with Crippen LogP contribution >= 0.6 is 7.60 Å². The van der Waals surface area contributed by atoms with Gasteiger partial charge in [-0.15, -0.1) is 0 Å². The lowest BCUT2D eigenvalue weighted by atomic mass is 10.0. The van der Waals surface area contributed by atoms with Gasteiger partial charge in [0, 0.05) is 6.42 Å². The van der Waals surface area contributed by atoms with Crippen LogP contribution in [0.15, 0.2) is 182 Å². The van der Waals surface area contributed by atoms with Crippen LogP contribution in [0.3, 0.4) is 0 Å². The van der Waals surface area contributed by atoms with Crippen LogP contribution in [0.2, 0.25) is 0 Å². The molecule has 0 aliphatic heterocycles. The highest BCUT2D eigenvalue weighted by atomic mass is 31.2. The quantitative estimate of drug-likeness (QED) is 0.0325. The number of hydrogen-bond donors (Lipinski definition) is 1. The fraction of sp³-hybridized carbons (Fsp3) is 0.245. The first-order valence-corrected chi connectivity index (χ1v) is 21.6. The minimum atomic E-state index is -4.29. The topological polar surface area (TPSA) is 113 Å². The van der Waals surface area contributed by atoms with E-state index < -0.39 is 31.8 Å². The molecule has 1 amide bonds. The Morgan fingerprint density at radius 3 is 1.18 bits per heavy atom. The van der Waals surface area contributed by atoms with E-state index in [4.69, 9.17) is 28.1 Å². The highest BCUT2D eigenvalue weighted by Gasteiger charge is 2.42. The average Bonchev–Trinajstić information content (AvgIpc) is 3.31. The zero-order valence-corrected chi connectivity index (χ0v) is 34.4. The van der Waals surface area contributed by atoms with Gasteiger partial charge in [0.25, 0.3) is 0 Å². The summed E-state index contributed by atoms with van der Waals surface area (Å²) in [6.07, 6.45) is -2.48. The van der Waals surface area contributed by atoms with Gasteiger partial charge in [-0.3, -0.25) is 14.2 Å². The fourth-order valence-corrected chi connectivity index (χ4v) is 7.93. The van der Waals surface area contributed by atoms with E-state index >= 15 is 0 Å². The van der Waals surface area contributed by atoms with Crippen LogP contribution in [0, 0.1) is 0 Å². The Morgan fingerprint density at radius 2 is 0.800 bits per heavy atom. The van der Waals surface area contributed by atoms with E-state index in [1.165, 1.54) is 5.06 Å². The molecule has 11 heteroatoms. The minimum Gasteiger partial charge on any atom is -0.380 e. The molecule has 312 valence electrons. The van der Waals surface area contributed by atoms with Crippen LogP contribution in [0.1, 0.15) is 39.8 Å². The molecule has 0 saturated heterocycles. The van der Waals surface area contributed by atoms with Crippen LogP contribution in [0.4, 0.5) is 0 Å². The lowest BCUT2D eigenvalue weighted by Gasteiger charge is -2.36. The molecule has 0 aliphatic carbocycles. The zero-order chi connectivity index (χ0) is 41.7. The van der Waals surface area contributed by atoms with Gasteiger partial charge in [0.15, 0.2) is 5.85 Å². The summed E-state index contributed by atoms with van der Waals surface area (Å²) in [5, 5.41) is 13.4. The largest absolute Gasteiger partial charge is 0.380 e. The monoisotopic (exact) mass is 829 g/mol. The Hall–Kier alpha value is -5.26. The molecule has 0 radical (unpaired) electrons. The van der Waals surface area contributed by atoms with Crippen molar-refractivity contribution in [1.29, 1.82) is 0 Å². The number of aliphatic hydroxyl groups excluding tert-OH is 1. The van der Waals surface area contributed by atoms with E-state index in [2.05, 4.69) is 0 Å². The van der Waals surface area contributed by atoms with Crippen molar-refractivity contribution in [3.05, 3.63) is 215 Å². The van der Waals surface area contributed by atoms with Gasteiger partial charge in [0.2, 0.25) is 6.41 Å². The maximum Gasteiger partial charge on any atom is 0.359 e. The maximum absolute atomic E-state index is 14.9. The van der Waals surface area contributed by atoms with Crippen molar-refractivity contribution in [2.75, 3.05) is 6.54 Å². The van der Waals surface area contributed by atoms with Crippen LogP contribution in [0.25, 0.3) is 0 Å². The normalized spacial score (nSPS) is 13.6. The lowest BCUT2D eigenvalue weighted by Crippen LogP contribution is -2.49. The molecule has 0 spiro atoms. The van der Waals surface area contributed by atoms with Gasteiger partial charge in [-0.2, -0.15) is 0 Å². The Labute approximate surface area is 352 Å². The van der Waals surface area contributed by atoms with Crippen molar-refractivity contribution in [3.8, 4) is 0 Å². The SMILES string of the molecule is O=CN(C[C@H](OCc1ccccc1)[C@H](OCc1ccccc1)[C@@H](CC(O)P(=O)(OCc1ccccc1)OCc1ccccc1)OCc1ccccc1)OCc1ccccc1. The first kappa shape index (κ1) is 44.3. The Balaban J connectivity index is 1.35. The third-order valence-electron chi connectivity index (χ3n) is 9.67. The number of ether oxygens (including phenoxy) is 3. The number of nitrogens with zero attached hydrogens (tertiary/aromatic N) is 1. The predicted octanol–water partition coefficient (Wildman–Crippen LogP) is 9.67. The molecule has 6 aromatic carbocycles. The number of benzene rings is 6. The molecule has 60 heavy (non-hydrogen) atoms. The van der Waals surface area contributed by atoms with Gasteiger partial charge >= 0.3 is 7.60 Å². The van der Waals surface area contributed by atoms with Crippen molar-refractivity contribution in [2.45, 2.75) is 70.2 Å². The van der Waals surface area contributed by atoms with E-state index in [0.29, 0.717) is 6.41 Å². The maximum atomic E-state index is 14.9. The molecule has 6 aromatic rings. The van der Waals surface area contributed by atoms with Gasteiger partial charge < -0.3 is 28.4 Å². The minimum absolute atomic E-state index is 0.0662. The third-order valence-corrected chi connectivity index (χ3v) is 11.6. The predicted molar refractivity (Wildman–Crippen MR) is 230 cm³/mol. The number of rotatable bonds is 26. The molecular formula is C49H52NO9P. The van der Waals surface area contributed by atoms with Gasteiger partial charge in [-0.25, -0.2) is 5.06 Å². The number of carbonyl (C=O) groups excluding carboxylic acids is 1. The zero-order valence-electron chi connectivity index (χ0n) is 33.5. The Kier molecular flexibility index (Phi) is 17.8. The summed E-state index contributed by atoms with van der Waals surface area (Å²) in [4.78, 5) is 18.7. The number of amides is 1. The summed E-state index contributed by atoms with van der Waals surface area (Å²) in [5.74, 6) is -1.67. The molecule has 0 heterocycles. The smallest absolute Gasteiger partial charge is 0.359 e. The number of aliphatic hydroxyl groups is 1. The van der Waals surface area contributed by atoms with Crippen molar-refractivity contribution < 1.29 is 42.6 Å². The molecular weight excluding hydrogens is 778 g/mol. The summed E-state index contributed by atoms with van der Waals surface area (Å²) in [7, 11) is -4.29. The van der Waals surface area contributed by atoms with Crippen LogP contribution in [-0.4, -0.2) is 47.3 Å². The summed E-state index contributed by atoms with van der Waals surface area (Å²) >= 11 is 0. The first-order chi connectivity index (χ1) is 29.5. The highest BCUT2D eigenvalue weighted by molar-refractivity contribution is 7.54. The van der Waals surface area contributed by atoms with Gasteiger partial charge in [-0.1, -0.05) is 182 Å². The fourth-order valence-electron chi connectivity index (χ4n) is 6.38. The molecule has 10 nitrogen and oxygen atoms in total. The molecule has 4 atom stereocenters. The summed E-state index contributed by atoms with van der Waals surface area (Å²) in [5.41, 5.74) is 5.02. The van der Waals surface area contributed by atoms with Crippen LogP contribution in [0.5, 0.6) is 0 Å². The molecule has 1 N–H and O–H groups in total. The Bertz CT molecular complexity index is 2070. The molecule has 0 saturated carbocycles. The van der Waals surface area contributed by atoms with Gasteiger partial charge in [0.05, 0.1) is 45.7 Å². The number of hydrogen-bond acceptors (Lipinski definition) is 9. The van der Waals surface area contributed by atoms with Crippen molar-refractivity contribution in [1.82, 2.24) is 5.06 Å². The Morgan fingerprint density at radius 1 is 0.467 bits per heavy atom. The molecule has 6 rings (SSSR count). The van der Waals surface area contributed by atoms with E-state index in [1.807, 2.05) is 182 Å². The van der Waals surface area contributed by atoms with Crippen LogP contribution < -0.4 is 0 Å². The third kappa shape index (κ3) is 14.5. The summed E-state index contributed by atoms with van der Waals surface area (Å²) in [6.45, 7) is 0.347. The molecule has 0 aromatic heterocycles. The van der Waals surface area contributed by atoms with Crippen molar-refractivity contribution >= 4 is 14.0 Å². The summed E-state index contributed by atoms with van der Waals surface area (Å²) in [6, 6.07) is 57.0. The second-order valence-electron chi connectivity index (χ2n) is 14.2. The second-order valence-corrected chi connectivity index (χ2v) is 16.4. The molecule has 0 fully saturated rings. The highest BCUT2D eigenvalue weighted by Crippen LogP contribution is 2.55. The number of hydroxylamine groups is 2. The van der Waals surface area contributed by atoms with Gasteiger partial charge in [0.1, 0.15) is 18.8 Å². The van der Waals surface area contributed by atoms with E-state index in [-0.39, 0.29) is 52.6 Å². The standard InChI is InChI=1S/C49H52NO9P/c51-39-50(57-36-43-25-13-4-14-26-43)32-47(55-34-41-21-9-2-10-22-41)49(56-35-42-23-11-3-12-24-42)46(54-33-40-19-7-1-8-20-40)31-48(52)60(53,58-37-44-27-15-5-16-28-44)59-38-45-29-17-6-18-30-45/h1-30,39,46-49,52H,31-38H2/t46-,47+,48?,49-/m1/s1. The second kappa shape index (κ2) is 24.1. The first-order valence-electron chi connectivity index (χ1n) is 20.0. The van der Waals surface area contributed by atoms with Crippen molar-refractivity contribution in [3.63, 3.8) is 0 Å². The number of carbonyl (C=O) groups is 1. The van der Waals surface area contributed by atoms with Crippen molar-refractivity contribution in [2.24, 2.45) is 0 Å². The molecule has 0 bridgehead atoms. The summed E-state index contributed by atoms with van der Waals surface area (Å²) < 4.78 is 47.2. The average molecular weight is 830 g/mol. The lowest BCUT2D eigenvalue weighted by molar-refractivity contribution is -0.210. The molecule has 0 aliphatic rings. The van der Waals surface area contributed by atoms with E-state index in [9.17, 15) is 14.5 Å².